The molecule has 0 spiro atoms. The molecule has 1 aliphatic heterocycles. The minimum absolute atomic E-state index is 0.103. The Morgan fingerprint density at radius 2 is 1.88 bits per heavy atom. The molecule has 0 radical (unpaired) electrons. The lowest BCUT2D eigenvalue weighted by molar-refractivity contribution is -0.124. The van der Waals surface area contributed by atoms with Crippen LogP contribution in [0.1, 0.15) is 43.5 Å². The molecule has 144 valence electrons. The smallest absolute Gasteiger partial charge is 0.338 e. The van der Waals surface area contributed by atoms with E-state index in [0.29, 0.717) is 25.9 Å². The van der Waals surface area contributed by atoms with Gasteiger partial charge in [-0.05, 0) is 44.9 Å². The van der Waals surface area contributed by atoms with Crippen molar-refractivity contribution in [3.05, 3.63) is 29.6 Å². The van der Waals surface area contributed by atoms with Crippen molar-refractivity contribution in [3.8, 4) is 0 Å². The fraction of sp³-hybridized carbons (Fsp3) is 0.529. The first-order valence-electron chi connectivity index (χ1n) is 8.48. The highest BCUT2D eigenvalue weighted by Gasteiger charge is 2.29. The Kier molecular flexibility index (Phi) is 6.71. The molecule has 2 rings (SSSR count). The van der Waals surface area contributed by atoms with Crippen LogP contribution in [0.2, 0.25) is 0 Å². The molecule has 0 aromatic heterocycles. The van der Waals surface area contributed by atoms with Crippen LogP contribution in [0.4, 0.5) is 4.39 Å². The number of carbonyl (C=O) groups is 2. The van der Waals surface area contributed by atoms with Crippen molar-refractivity contribution in [1.29, 1.82) is 0 Å². The second kappa shape index (κ2) is 8.59. The van der Waals surface area contributed by atoms with E-state index in [-0.39, 0.29) is 11.6 Å². The molecule has 1 heterocycles. The SMILES string of the molecule is CC(C)NC(=O)COC(=O)c1ccc(F)c(S(=O)(=O)N2CCCCC2)c1. The Labute approximate surface area is 152 Å². The Morgan fingerprint density at radius 1 is 1.23 bits per heavy atom. The molecule has 1 amide bonds. The van der Waals surface area contributed by atoms with Crippen molar-refractivity contribution in [1.82, 2.24) is 9.62 Å². The average molecular weight is 386 g/mol. The zero-order valence-corrected chi connectivity index (χ0v) is 15.6. The van der Waals surface area contributed by atoms with Crippen LogP contribution < -0.4 is 5.32 Å². The number of rotatable bonds is 6. The Hall–Kier alpha value is -2.00. The van der Waals surface area contributed by atoms with Gasteiger partial charge in [0.15, 0.2) is 6.61 Å². The summed E-state index contributed by atoms with van der Waals surface area (Å²) in [5.74, 6) is -2.29. The highest BCUT2D eigenvalue weighted by atomic mass is 32.2. The Morgan fingerprint density at radius 3 is 2.50 bits per heavy atom. The molecule has 1 fully saturated rings. The van der Waals surface area contributed by atoms with Gasteiger partial charge in [-0.3, -0.25) is 4.79 Å². The number of hydrogen-bond acceptors (Lipinski definition) is 5. The molecule has 0 saturated carbocycles. The quantitative estimate of drug-likeness (QED) is 0.751. The first-order chi connectivity index (χ1) is 12.2. The third-order valence-corrected chi connectivity index (χ3v) is 5.80. The molecule has 1 aromatic rings. The van der Waals surface area contributed by atoms with Crippen LogP contribution in [0.5, 0.6) is 0 Å². The maximum atomic E-state index is 14.1. The topological polar surface area (TPSA) is 92.8 Å². The summed E-state index contributed by atoms with van der Waals surface area (Å²) in [6, 6.07) is 2.91. The van der Waals surface area contributed by atoms with Crippen molar-refractivity contribution in [2.45, 2.75) is 44.0 Å². The van der Waals surface area contributed by atoms with Crippen LogP contribution in [0.25, 0.3) is 0 Å². The molecule has 9 heteroatoms. The van der Waals surface area contributed by atoms with Gasteiger partial charge in [0.25, 0.3) is 5.91 Å². The summed E-state index contributed by atoms with van der Waals surface area (Å²) in [4.78, 5) is 23.0. The van der Waals surface area contributed by atoms with Crippen LogP contribution in [-0.4, -0.2) is 50.3 Å². The van der Waals surface area contributed by atoms with Crippen LogP contribution in [0, 0.1) is 5.82 Å². The van der Waals surface area contributed by atoms with Crippen LogP contribution >= 0.6 is 0 Å². The Bertz CT molecular complexity index is 773. The minimum atomic E-state index is -4.02. The number of esters is 1. The van der Waals surface area contributed by atoms with Gasteiger partial charge < -0.3 is 10.1 Å². The molecule has 1 aromatic carbocycles. The van der Waals surface area contributed by atoms with E-state index in [9.17, 15) is 22.4 Å². The molecule has 1 N–H and O–H groups in total. The predicted molar refractivity (Wildman–Crippen MR) is 92.6 cm³/mol. The highest BCUT2D eigenvalue weighted by molar-refractivity contribution is 7.89. The summed E-state index contributed by atoms with van der Waals surface area (Å²) < 4.78 is 45.5. The van der Waals surface area contributed by atoms with Crippen molar-refractivity contribution in [2.24, 2.45) is 0 Å². The largest absolute Gasteiger partial charge is 0.452 e. The van der Waals surface area contributed by atoms with E-state index in [2.05, 4.69) is 5.32 Å². The van der Waals surface area contributed by atoms with E-state index in [4.69, 9.17) is 4.74 Å². The third kappa shape index (κ3) is 5.01. The summed E-state index contributed by atoms with van der Waals surface area (Å²) in [7, 11) is -4.02. The third-order valence-electron chi connectivity index (χ3n) is 3.88. The molecule has 1 saturated heterocycles. The molecule has 7 nitrogen and oxygen atoms in total. The highest BCUT2D eigenvalue weighted by Crippen LogP contribution is 2.24. The number of amides is 1. The minimum Gasteiger partial charge on any atom is -0.452 e. The predicted octanol–water partition coefficient (Wildman–Crippen LogP) is 1.68. The fourth-order valence-electron chi connectivity index (χ4n) is 2.65. The van der Waals surface area contributed by atoms with Gasteiger partial charge >= 0.3 is 5.97 Å². The van der Waals surface area contributed by atoms with E-state index >= 15 is 0 Å². The monoisotopic (exact) mass is 386 g/mol. The molecule has 26 heavy (non-hydrogen) atoms. The second-order valence-electron chi connectivity index (χ2n) is 6.41. The number of benzene rings is 1. The van der Waals surface area contributed by atoms with Gasteiger partial charge in [0.2, 0.25) is 10.0 Å². The standard InChI is InChI=1S/C17H23FN2O5S/c1-12(2)19-16(21)11-25-17(22)13-6-7-14(18)15(10-13)26(23,24)20-8-4-3-5-9-20/h6-7,10,12H,3-5,8-9,11H2,1-2H3,(H,19,21). The zero-order valence-electron chi connectivity index (χ0n) is 14.8. The molecule has 0 aliphatic carbocycles. The number of halogens is 1. The van der Waals surface area contributed by atoms with Crippen LogP contribution in [0.3, 0.4) is 0 Å². The maximum Gasteiger partial charge on any atom is 0.338 e. The number of ether oxygens (including phenoxy) is 1. The molecular weight excluding hydrogens is 363 g/mol. The van der Waals surface area contributed by atoms with Gasteiger partial charge in [-0.15, -0.1) is 0 Å². The van der Waals surface area contributed by atoms with E-state index in [1.165, 1.54) is 4.31 Å². The number of nitrogens with one attached hydrogen (secondary N) is 1. The van der Waals surface area contributed by atoms with Gasteiger partial charge in [-0.25, -0.2) is 17.6 Å². The summed E-state index contributed by atoms with van der Waals surface area (Å²) in [6.45, 7) is 3.68. The van der Waals surface area contributed by atoms with E-state index in [0.717, 1.165) is 24.6 Å². The second-order valence-corrected chi connectivity index (χ2v) is 8.31. The fourth-order valence-corrected chi connectivity index (χ4v) is 4.26. The molecule has 0 bridgehead atoms. The van der Waals surface area contributed by atoms with Crippen molar-refractivity contribution < 1.29 is 27.1 Å². The van der Waals surface area contributed by atoms with Gasteiger partial charge in [0.1, 0.15) is 10.7 Å². The van der Waals surface area contributed by atoms with Gasteiger partial charge in [-0.1, -0.05) is 6.42 Å². The number of piperidine rings is 1. The molecular formula is C17H23FN2O5S. The number of nitrogens with zero attached hydrogens (tertiary/aromatic N) is 1. The molecule has 1 aliphatic rings. The normalized spacial score (nSPS) is 15.7. The lowest BCUT2D eigenvalue weighted by atomic mass is 10.2. The van der Waals surface area contributed by atoms with Crippen molar-refractivity contribution in [3.63, 3.8) is 0 Å². The van der Waals surface area contributed by atoms with Gasteiger partial charge in [0, 0.05) is 19.1 Å². The summed E-state index contributed by atoms with van der Waals surface area (Å²) in [5, 5.41) is 2.56. The Balaban J connectivity index is 2.16. The van der Waals surface area contributed by atoms with Crippen molar-refractivity contribution >= 4 is 21.9 Å². The number of sulfonamides is 1. The number of carbonyl (C=O) groups excluding carboxylic acids is 2. The number of hydrogen-bond donors (Lipinski definition) is 1. The average Bonchev–Trinajstić information content (AvgIpc) is 2.60. The molecule has 0 unspecified atom stereocenters. The van der Waals surface area contributed by atoms with Crippen molar-refractivity contribution in [2.75, 3.05) is 19.7 Å². The van der Waals surface area contributed by atoms with Crippen LogP contribution in [0.15, 0.2) is 23.1 Å². The van der Waals surface area contributed by atoms with E-state index < -0.39 is 39.2 Å². The summed E-state index contributed by atoms with van der Waals surface area (Å²) in [5.41, 5.74) is -0.126. The lowest BCUT2D eigenvalue weighted by Gasteiger charge is -2.26. The maximum absolute atomic E-state index is 14.1. The van der Waals surface area contributed by atoms with E-state index in [1.54, 1.807) is 13.8 Å². The van der Waals surface area contributed by atoms with Gasteiger partial charge in [-0.2, -0.15) is 4.31 Å². The molecule has 0 atom stereocenters. The first kappa shape index (κ1) is 20.3. The van der Waals surface area contributed by atoms with E-state index in [1.807, 2.05) is 0 Å². The van der Waals surface area contributed by atoms with Crippen LogP contribution in [-0.2, 0) is 19.6 Å². The summed E-state index contributed by atoms with van der Waals surface area (Å²) >= 11 is 0. The van der Waals surface area contributed by atoms with Gasteiger partial charge in [0.05, 0.1) is 5.56 Å². The first-order valence-corrected chi connectivity index (χ1v) is 9.92. The summed E-state index contributed by atoms with van der Waals surface area (Å²) in [6.07, 6.45) is 2.36. The zero-order chi connectivity index (χ0) is 19.3. The lowest BCUT2D eigenvalue weighted by Crippen LogP contribution is -2.36.